The minimum absolute atomic E-state index is 0.0888. The van der Waals surface area contributed by atoms with Crippen LogP contribution in [0.15, 0.2) is 66.3 Å². The Balaban J connectivity index is 1.64. The molecule has 1 heterocycles. The van der Waals surface area contributed by atoms with Gasteiger partial charge in [-0.2, -0.15) is 0 Å². The number of ether oxygens (including phenoxy) is 1. The smallest absolute Gasteiger partial charge is 0.230 e. The molecular weight excluding hydrogens is 408 g/mol. The molecule has 0 bridgehead atoms. The van der Waals surface area contributed by atoms with Crippen LogP contribution in [0.3, 0.4) is 0 Å². The Labute approximate surface area is 178 Å². The number of aromatic nitrogens is 3. The van der Waals surface area contributed by atoms with Crippen molar-refractivity contribution in [1.29, 1.82) is 0 Å². The van der Waals surface area contributed by atoms with E-state index in [0.717, 1.165) is 22.7 Å². The second kappa shape index (κ2) is 10.1. The summed E-state index contributed by atoms with van der Waals surface area (Å²) in [7, 11) is 1.63. The number of carbonyl (C=O) groups is 1. The first kappa shape index (κ1) is 21.0. The van der Waals surface area contributed by atoms with Crippen molar-refractivity contribution in [3.05, 3.63) is 71.8 Å². The van der Waals surface area contributed by atoms with Gasteiger partial charge < -0.3 is 10.1 Å². The van der Waals surface area contributed by atoms with E-state index in [1.165, 1.54) is 11.8 Å². The molecule has 150 valence electrons. The maximum absolute atomic E-state index is 12.2. The number of amides is 1. The highest BCUT2D eigenvalue weighted by atomic mass is 35.5. The van der Waals surface area contributed by atoms with Gasteiger partial charge in [-0.15, -0.1) is 16.8 Å². The number of nitrogens with one attached hydrogen (secondary N) is 1. The molecule has 0 aliphatic heterocycles. The van der Waals surface area contributed by atoms with Gasteiger partial charge in [-0.3, -0.25) is 9.36 Å². The number of rotatable bonds is 9. The lowest BCUT2D eigenvalue weighted by Gasteiger charge is -2.09. The molecule has 0 fully saturated rings. The van der Waals surface area contributed by atoms with E-state index in [-0.39, 0.29) is 11.7 Å². The van der Waals surface area contributed by atoms with Crippen LogP contribution in [0.4, 0.5) is 0 Å². The van der Waals surface area contributed by atoms with Crippen LogP contribution in [0, 0.1) is 0 Å². The van der Waals surface area contributed by atoms with Crippen LogP contribution in [0.5, 0.6) is 5.75 Å². The lowest BCUT2D eigenvalue weighted by atomic mass is 10.2. The van der Waals surface area contributed by atoms with Gasteiger partial charge in [0.2, 0.25) is 5.91 Å². The van der Waals surface area contributed by atoms with E-state index in [9.17, 15) is 4.79 Å². The van der Waals surface area contributed by atoms with E-state index in [0.29, 0.717) is 23.3 Å². The highest BCUT2D eigenvalue weighted by molar-refractivity contribution is 7.99. The number of nitrogens with zero attached hydrogens (tertiary/aromatic N) is 3. The van der Waals surface area contributed by atoms with Gasteiger partial charge >= 0.3 is 0 Å². The lowest BCUT2D eigenvalue weighted by Crippen LogP contribution is -2.24. The van der Waals surface area contributed by atoms with E-state index in [1.807, 2.05) is 47.0 Å². The third-order valence-electron chi connectivity index (χ3n) is 4.09. The molecule has 0 atom stereocenters. The standard InChI is InChI=1S/C21H21ClN4O2S/c1-3-11-26-20(16-7-9-18(28-2)10-8-16)24-25-21(26)29-14-19(27)23-13-15-5-4-6-17(22)12-15/h3-10,12H,1,11,13-14H2,2H3,(H,23,27). The molecule has 0 radical (unpaired) electrons. The summed E-state index contributed by atoms with van der Waals surface area (Å²) in [5.74, 6) is 1.64. The summed E-state index contributed by atoms with van der Waals surface area (Å²) in [6.45, 7) is 4.78. The Kier molecular flexibility index (Phi) is 7.32. The molecule has 6 nitrogen and oxygen atoms in total. The number of benzene rings is 2. The topological polar surface area (TPSA) is 69.0 Å². The van der Waals surface area contributed by atoms with Crippen molar-refractivity contribution in [2.75, 3.05) is 12.9 Å². The van der Waals surface area contributed by atoms with E-state index < -0.39 is 0 Å². The quantitative estimate of drug-likeness (QED) is 0.408. The summed E-state index contributed by atoms with van der Waals surface area (Å²) in [4.78, 5) is 12.2. The van der Waals surface area contributed by atoms with Gasteiger partial charge in [0.1, 0.15) is 5.75 Å². The first-order valence-electron chi connectivity index (χ1n) is 8.93. The van der Waals surface area contributed by atoms with Crippen LogP contribution in [-0.4, -0.2) is 33.5 Å². The summed E-state index contributed by atoms with van der Waals surface area (Å²) in [6, 6.07) is 15.0. The zero-order valence-electron chi connectivity index (χ0n) is 16.0. The Morgan fingerprint density at radius 3 is 2.76 bits per heavy atom. The highest BCUT2D eigenvalue weighted by Crippen LogP contribution is 2.25. The fraction of sp³-hybridized carbons (Fsp3) is 0.190. The summed E-state index contributed by atoms with van der Waals surface area (Å²) >= 11 is 7.30. The van der Waals surface area contributed by atoms with Crippen molar-refractivity contribution in [3.63, 3.8) is 0 Å². The molecule has 2 aromatic carbocycles. The molecule has 0 spiro atoms. The summed E-state index contributed by atoms with van der Waals surface area (Å²) in [5, 5.41) is 12.8. The zero-order chi connectivity index (χ0) is 20.6. The van der Waals surface area contributed by atoms with Crippen LogP contribution in [0.2, 0.25) is 5.02 Å². The van der Waals surface area contributed by atoms with Crippen LogP contribution in [0.1, 0.15) is 5.56 Å². The molecule has 1 aromatic heterocycles. The molecule has 3 aromatic rings. The number of hydrogen-bond donors (Lipinski definition) is 1. The minimum atomic E-state index is -0.0888. The number of allylic oxidation sites excluding steroid dienone is 1. The van der Waals surface area contributed by atoms with E-state index in [4.69, 9.17) is 16.3 Å². The van der Waals surface area contributed by atoms with E-state index in [2.05, 4.69) is 22.1 Å². The normalized spacial score (nSPS) is 10.6. The van der Waals surface area contributed by atoms with Crippen molar-refractivity contribution in [1.82, 2.24) is 20.1 Å². The van der Waals surface area contributed by atoms with Crippen LogP contribution in [-0.2, 0) is 17.9 Å². The molecule has 3 rings (SSSR count). The van der Waals surface area contributed by atoms with Gasteiger partial charge in [-0.25, -0.2) is 0 Å². The summed E-state index contributed by atoms with van der Waals surface area (Å²) < 4.78 is 7.13. The third-order valence-corrected chi connectivity index (χ3v) is 5.29. The van der Waals surface area contributed by atoms with Crippen LogP contribution < -0.4 is 10.1 Å². The fourth-order valence-corrected chi connectivity index (χ4v) is 3.66. The van der Waals surface area contributed by atoms with Gasteiger partial charge in [0.15, 0.2) is 11.0 Å². The minimum Gasteiger partial charge on any atom is -0.497 e. The molecule has 29 heavy (non-hydrogen) atoms. The highest BCUT2D eigenvalue weighted by Gasteiger charge is 2.15. The third kappa shape index (κ3) is 5.62. The molecule has 1 N–H and O–H groups in total. The average Bonchev–Trinajstić information content (AvgIpc) is 3.14. The Morgan fingerprint density at radius 2 is 2.07 bits per heavy atom. The van der Waals surface area contributed by atoms with Gasteiger partial charge in [-0.05, 0) is 42.0 Å². The van der Waals surface area contributed by atoms with Gasteiger partial charge in [-0.1, -0.05) is 41.6 Å². The van der Waals surface area contributed by atoms with Crippen molar-refractivity contribution in [3.8, 4) is 17.1 Å². The number of thioether (sulfide) groups is 1. The maximum Gasteiger partial charge on any atom is 0.230 e. The van der Waals surface area contributed by atoms with E-state index in [1.54, 1.807) is 19.3 Å². The molecule has 8 heteroatoms. The second-order valence-corrected chi connectivity index (χ2v) is 7.51. The first-order valence-corrected chi connectivity index (χ1v) is 10.3. The number of carbonyl (C=O) groups excluding carboxylic acids is 1. The SMILES string of the molecule is C=CCn1c(SCC(=O)NCc2cccc(Cl)c2)nnc1-c1ccc(OC)cc1. The van der Waals surface area contributed by atoms with E-state index >= 15 is 0 Å². The predicted octanol–water partition coefficient (Wildman–Crippen LogP) is 4.20. The molecule has 0 aliphatic carbocycles. The molecular formula is C21H21ClN4O2S. The predicted molar refractivity (Wildman–Crippen MR) is 116 cm³/mol. The molecule has 0 aliphatic rings. The summed E-state index contributed by atoms with van der Waals surface area (Å²) in [5.41, 5.74) is 1.87. The largest absolute Gasteiger partial charge is 0.497 e. The molecule has 0 unspecified atom stereocenters. The number of methoxy groups -OCH3 is 1. The fourth-order valence-electron chi connectivity index (χ4n) is 2.67. The van der Waals surface area contributed by atoms with Gasteiger partial charge in [0.25, 0.3) is 0 Å². The van der Waals surface area contributed by atoms with Gasteiger partial charge in [0, 0.05) is 23.7 Å². The second-order valence-electron chi connectivity index (χ2n) is 6.13. The Bertz CT molecular complexity index is 989. The lowest BCUT2D eigenvalue weighted by molar-refractivity contribution is -0.118. The first-order chi connectivity index (χ1) is 14.1. The maximum atomic E-state index is 12.2. The molecule has 1 amide bonds. The van der Waals surface area contributed by atoms with Crippen molar-refractivity contribution < 1.29 is 9.53 Å². The van der Waals surface area contributed by atoms with Crippen LogP contribution >= 0.6 is 23.4 Å². The van der Waals surface area contributed by atoms with Crippen molar-refractivity contribution in [2.45, 2.75) is 18.2 Å². The summed E-state index contributed by atoms with van der Waals surface area (Å²) in [6.07, 6.45) is 1.78. The monoisotopic (exact) mass is 428 g/mol. The molecule has 0 saturated heterocycles. The number of hydrogen-bond acceptors (Lipinski definition) is 5. The number of halogens is 1. The average molecular weight is 429 g/mol. The van der Waals surface area contributed by atoms with Crippen LogP contribution in [0.25, 0.3) is 11.4 Å². The molecule has 0 saturated carbocycles. The van der Waals surface area contributed by atoms with Crippen molar-refractivity contribution in [2.24, 2.45) is 0 Å². The Morgan fingerprint density at radius 1 is 1.28 bits per heavy atom. The zero-order valence-corrected chi connectivity index (χ0v) is 17.5. The van der Waals surface area contributed by atoms with Gasteiger partial charge in [0.05, 0.1) is 12.9 Å². The van der Waals surface area contributed by atoms with Crippen molar-refractivity contribution >= 4 is 29.3 Å². The Hall–Kier alpha value is -2.77.